The van der Waals surface area contributed by atoms with Crippen LogP contribution in [-0.4, -0.2) is 16.7 Å². The van der Waals surface area contributed by atoms with Crippen LogP contribution >= 0.6 is 0 Å². The molecule has 0 saturated carbocycles. The van der Waals surface area contributed by atoms with Crippen molar-refractivity contribution in [3.63, 3.8) is 0 Å². The molecule has 5 nitrogen and oxygen atoms in total. The molecule has 17 heavy (non-hydrogen) atoms. The van der Waals surface area contributed by atoms with Gasteiger partial charge in [0, 0.05) is 24.4 Å². The van der Waals surface area contributed by atoms with E-state index in [-0.39, 0.29) is 6.04 Å². The predicted molar refractivity (Wildman–Crippen MR) is 58.8 cm³/mol. The summed E-state index contributed by atoms with van der Waals surface area (Å²) in [5.74, 6) is 0.763. The molecule has 2 aromatic heterocycles. The summed E-state index contributed by atoms with van der Waals surface area (Å²) in [6.07, 6.45) is 2.59. The van der Waals surface area contributed by atoms with Crippen LogP contribution in [0.3, 0.4) is 0 Å². The molecule has 0 amide bonds. The monoisotopic (exact) mass is 225 g/mol. The summed E-state index contributed by atoms with van der Waals surface area (Å²) in [6.45, 7) is 0.886. The number of pyridine rings is 1. The molecule has 1 unspecified atom stereocenters. The van der Waals surface area contributed by atoms with Crippen LogP contribution in [0.15, 0.2) is 28.9 Å². The Kier molecular flexibility index (Phi) is 2.35. The number of aromatic nitrogens is 2. The van der Waals surface area contributed by atoms with Gasteiger partial charge < -0.3 is 4.52 Å². The van der Waals surface area contributed by atoms with Crippen molar-refractivity contribution in [2.45, 2.75) is 12.5 Å². The summed E-state index contributed by atoms with van der Waals surface area (Å²) < 4.78 is 5.24. The highest BCUT2D eigenvalue weighted by Gasteiger charge is 2.25. The van der Waals surface area contributed by atoms with Gasteiger partial charge in [0.1, 0.15) is 17.5 Å². The quantitative estimate of drug-likeness (QED) is 0.778. The Bertz CT molecular complexity index is 580. The SMILES string of the molecule is N#Cc1ncccc1-c1cc(C2CC[N]2)on1. The van der Waals surface area contributed by atoms with E-state index in [9.17, 15) is 0 Å². The lowest BCUT2D eigenvalue weighted by Gasteiger charge is -2.21. The zero-order valence-corrected chi connectivity index (χ0v) is 9.00. The van der Waals surface area contributed by atoms with Crippen LogP contribution in [0.1, 0.15) is 23.9 Å². The molecule has 1 aliphatic rings. The van der Waals surface area contributed by atoms with Crippen LogP contribution in [-0.2, 0) is 0 Å². The van der Waals surface area contributed by atoms with Crippen LogP contribution in [0.5, 0.6) is 0 Å². The van der Waals surface area contributed by atoms with Crippen LogP contribution in [0, 0.1) is 11.3 Å². The number of hydrogen-bond acceptors (Lipinski definition) is 4. The highest BCUT2D eigenvalue weighted by Crippen LogP contribution is 2.29. The highest BCUT2D eigenvalue weighted by atomic mass is 16.5. The van der Waals surface area contributed by atoms with Gasteiger partial charge in [0.2, 0.25) is 0 Å². The van der Waals surface area contributed by atoms with Crippen molar-refractivity contribution in [2.75, 3.05) is 6.54 Å². The third-order valence-electron chi connectivity index (χ3n) is 2.80. The van der Waals surface area contributed by atoms with Gasteiger partial charge in [-0.2, -0.15) is 5.26 Å². The van der Waals surface area contributed by atoms with Crippen molar-refractivity contribution in [2.24, 2.45) is 0 Å². The van der Waals surface area contributed by atoms with Gasteiger partial charge in [0.15, 0.2) is 5.76 Å². The molecule has 2 aromatic rings. The maximum Gasteiger partial charge on any atom is 0.155 e. The summed E-state index contributed by atoms with van der Waals surface area (Å²) in [4.78, 5) is 4.00. The lowest BCUT2D eigenvalue weighted by molar-refractivity contribution is 0.276. The minimum absolute atomic E-state index is 0.137. The largest absolute Gasteiger partial charge is 0.359 e. The number of nitrogens with zero attached hydrogens (tertiary/aromatic N) is 4. The van der Waals surface area contributed by atoms with E-state index >= 15 is 0 Å². The summed E-state index contributed by atoms with van der Waals surface area (Å²) in [6, 6.07) is 7.61. The van der Waals surface area contributed by atoms with E-state index in [2.05, 4.69) is 15.5 Å². The fraction of sp³-hybridized carbons (Fsp3) is 0.250. The molecule has 1 fully saturated rings. The Morgan fingerprint density at radius 2 is 2.35 bits per heavy atom. The van der Waals surface area contributed by atoms with Crippen molar-refractivity contribution < 1.29 is 4.52 Å². The van der Waals surface area contributed by atoms with Gasteiger partial charge in [0.05, 0.1) is 6.04 Å². The first-order valence-corrected chi connectivity index (χ1v) is 5.37. The minimum atomic E-state index is 0.137. The van der Waals surface area contributed by atoms with Crippen molar-refractivity contribution in [1.29, 1.82) is 5.26 Å². The lowest BCUT2D eigenvalue weighted by Crippen LogP contribution is -2.27. The van der Waals surface area contributed by atoms with Crippen LogP contribution < -0.4 is 5.32 Å². The average Bonchev–Trinajstić information content (AvgIpc) is 2.76. The molecule has 3 rings (SSSR count). The molecule has 0 bridgehead atoms. The van der Waals surface area contributed by atoms with Crippen molar-refractivity contribution in [3.05, 3.63) is 35.9 Å². The smallest absolute Gasteiger partial charge is 0.155 e. The molecule has 5 heteroatoms. The number of rotatable bonds is 2. The third kappa shape index (κ3) is 1.69. The molecule has 0 aromatic carbocycles. The molecule has 83 valence electrons. The van der Waals surface area contributed by atoms with Gasteiger partial charge in [-0.05, 0) is 18.6 Å². The third-order valence-corrected chi connectivity index (χ3v) is 2.80. The Balaban J connectivity index is 1.98. The molecule has 3 heterocycles. The molecule has 0 spiro atoms. The van der Waals surface area contributed by atoms with E-state index in [4.69, 9.17) is 9.78 Å². The standard InChI is InChI=1S/C12H9N4O/c13-7-11-8(2-1-4-14-11)10-6-12(17-16-10)9-3-5-15-9/h1-2,4,6,9H,3,5H2. The Labute approximate surface area is 98.1 Å². The van der Waals surface area contributed by atoms with E-state index in [1.807, 2.05) is 18.2 Å². The number of hydrogen-bond donors (Lipinski definition) is 0. The fourth-order valence-corrected chi connectivity index (χ4v) is 1.76. The Morgan fingerprint density at radius 1 is 1.47 bits per heavy atom. The second-order valence-corrected chi connectivity index (χ2v) is 3.84. The van der Waals surface area contributed by atoms with E-state index in [0.717, 1.165) is 18.7 Å². The van der Waals surface area contributed by atoms with Crippen LogP contribution in [0.2, 0.25) is 0 Å². The zero-order valence-electron chi connectivity index (χ0n) is 9.00. The van der Waals surface area contributed by atoms with Gasteiger partial charge >= 0.3 is 0 Å². The summed E-state index contributed by atoms with van der Waals surface area (Å²) in [5, 5.41) is 17.2. The maximum atomic E-state index is 8.96. The van der Waals surface area contributed by atoms with Crippen LogP contribution in [0.25, 0.3) is 11.3 Å². The Hall–Kier alpha value is -2.19. The Morgan fingerprint density at radius 3 is 3.06 bits per heavy atom. The molecule has 0 N–H and O–H groups in total. The first-order valence-electron chi connectivity index (χ1n) is 5.37. The van der Waals surface area contributed by atoms with Crippen molar-refractivity contribution in [1.82, 2.24) is 15.5 Å². The van der Waals surface area contributed by atoms with Gasteiger partial charge in [0.25, 0.3) is 0 Å². The molecule has 1 atom stereocenters. The lowest BCUT2D eigenvalue weighted by atomic mass is 10.0. The van der Waals surface area contributed by atoms with Crippen molar-refractivity contribution in [3.8, 4) is 17.3 Å². The normalized spacial score (nSPS) is 18.4. The molecular weight excluding hydrogens is 216 g/mol. The summed E-state index contributed by atoms with van der Waals surface area (Å²) in [5.41, 5.74) is 1.70. The van der Waals surface area contributed by atoms with Gasteiger partial charge in [-0.25, -0.2) is 10.3 Å². The summed E-state index contributed by atoms with van der Waals surface area (Å²) in [7, 11) is 0. The molecule has 1 saturated heterocycles. The fourth-order valence-electron chi connectivity index (χ4n) is 1.76. The van der Waals surface area contributed by atoms with Gasteiger partial charge in [-0.3, -0.25) is 0 Å². The molecule has 1 radical (unpaired) electrons. The molecule has 1 aliphatic heterocycles. The van der Waals surface area contributed by atoms with Gasteiger partial charge in [-0.15, -0.1) is 0 Å². The van der Waals surface area contributed by atoms with E-state index < -0.39 is 0 Å². The van der Waals surface area contributed by atoms with Crippen LogP contribution in [0.4, 0.5) is 0 Å². The zero-order chi connectivity index (χ0) is 11.7. The van der Waals surface area contributed by atoms with Gasteiger partial charge in [-0.1, -0.05) is 5.16 Å². The van der Waals surface area contributed by atoms with E-state index in [1.165, 1.54) is 0 Å². The van der Waals surface area contributed by atoms with E-state index in [0.29, 0.717) is 17.0 Å². The number of nitriles is 1. The molecular formula is C12H9N4O. The summed E-state index contributed by atoms with van der Waals surface area (Å²) >= 11 is 0. The topological polar surface area (TPSA) is 76.8 Å². The predicted octanol–water partition coefficient (Wildman–Crippen LogP) is 1.66. The first-order chi connectivity index (χ1) is 8.38. The second kappa shape index (κ2) is 4.00. The second-order valence-electron chi connectivity index (χ2n) is 3.84. The van der Waals surface area contributed by atoms with Crippen molar-refractivity contribution >= 4 is 0 Å². The van der Waals surface area contributed by atoms with E-state index in [1.54, 1.807) is 12.3 Å². The highest BCUT2D eigenvalue weighted by molar-refractivity contribution is 5.64. The maximum absolute atomic E-state index is 8.96. The first kappa shape index (κ1) is 10.00. The minimum Gasteiger partial charge on any atom is -0.359 e. The average molecular weight is 225 g/mol. The molecule has 0 aliphatic carbocycles.